The lowest BCUT2D eigenvalue weighted by atomic mass is 10.1. The van der Waals surface area contributed by atoms with Crippen LogP contribution in [0.15, 0.2) is 48.1 Å². The van der Waals surface area contributed by atoms with Gasteiger partial charge in [-0.25, -0.2) is 4.98 Å². The molecule has 0 aliphatic rings. The zero-order chi connectivity index (χ0) is 14.2. The molecular weight excluding hydrogens is 282 g/mol. The topological polar surface area (TPSA) is 76.7 Å². The van der Waals surface area contributed by atoms with E-state index in [4.69, 9.17) is 5.73 Å². The van der Waals surface area contributed by atoms with Gasteiger partial charge in [-0.1, -0.05) is 12.1 Å². The molecule has 4 rings (SSSR count). The van der Waals surface area contributed by atoms with Gasteiger partial charge in [0.1, 0.15) is 10.6 Å². The van der Waals surface area contributed by atoms with E-state index < -0.39 is 0 Å². The van der Waals surface area contributed by atoms with Crippen LogP contribution in [0.25, 0.3) is 21.0 Å². The molecule has 0 saturated heterocycles. The van der Waals surface area contributed by atoms with Crippen LogP contribution in [0.2, 0.25) is 0 Å². The second kappa shape index (κ2) is 4.68. The molecule has 3 N–H and O–H groups in total. The quantitative estimate of drug-likeness (QED) is 0.591. The largest absolute Gasteiger partial charge is 0.368 e. The van der Waals surface area contributed by atoms with Gasteiger partial charge in [-0.05, 0) is 29.0 Å². The first-order chi connectivity index (χ1) is 10.3. The molecule has 0 amide bonds. The molecule has 3 heterocycles. The Morgan fingerprint density at radius 3 is 2.95 bits per heavy atom. The number of anilines is 3. The molecule has 0 radical (unpaired) electrons. The molecule has 0 fully saturated rings. The lowest BCUT2D eigenvalue weighted by molar-refractivity contribution is 1.25. The van der Waals surface area contributed by atoms with Crippen LogP contribution in [0.5, 0.6) is 0 Å². The number of nitrogens with zero attached hydrogens (tertiary/aromatic N) is 3. The number of pyridine rings is 1. The highest BCUT2D eigenvalue weighted by molar-refractivity contribution is 7.16. The number of nitrogen functional groups attached to an aromatic ring is 1. The van der Waals surface area contributed by atoms with Crippen LogP contribution in [0, 0.1) is 0 Å². The van der Waals surface area contributed by atoms with E-state index >= 15 is 0 Å². The average molecular weight is 293 g/mol. The molecule has 0 unspecified atom stereocenters. The summed E-state index contributed by atoms with van der Waals surface area (Å²) in [6, 6.07) is 10.0. The Bertz CT molecular complexity index is 942. The molecule has 0 spiro atoms. The van der Waals surface area contributed by atoms with Crippen LogP contribution in [-0.4, -0.2) is 15.0 Å². The fourth-order valence-corrected chi connectivity index (χ4v) is 3.09. The lowest BCUT2D eigenvalue weighted by Crippen LogP contribution is -2.00. The van der Waals surface area contributed by atoms with Crippen molar-refractivity contribution in [3.05, 3.63) is 48.1 Å². The summed E-state index contributed by atoms with van der Waals surface area (Å²) in [5.74, 6) is 0.987. The Balaban J connectivity index is 1.89. The summed E-state index contributed by atoms with van der Waals surface area (Å²) in [5, 5.41) is 8.47. The third-order valence-corrected chi connectivity index (χ3v) is 4.09. The van der Waals surface area contributed by atoms with Gasteiger partial charge in [-0.15, -0.1) is 11.3 Å². The molecule has 0 aliphatic heterocycles. The third-order valence-electron chi connectivity index (χ3n) is 3.28. The standard InChI is InChI=1S/C15H11N5S/c16-15-19-13(10-5-7-21-14(10)20-15)18-12-3-1-2-9-4-6-17-8-11(9)12/h1-8H,(H3,16,18,19,20). The van der Waals surface area contributed by atoms with E-state index in [0.717, 1.165) is 32.5 Å². The number of aromatic nitrogens is 3. The van der Waals surface area contributed by atoms with Crippen LogP contribution in [0.1, 0.15) is 0 Å². The number of thiophene rings is 1. The zero-order valence-corrected chi connectivity index (χ0v) is 11.8. The summed E-state index contributed by atoms with van der Waals surface area (Å²) < 4.78 is 0. The van der Waals surface area contributed by atoms with Crippen LogP contribution < -0.4 is 11.1 Å². The summed E-state index contributed by atoms with van der Waals surface area (Å²) in [7, 11) is 0. The third kappa shape index (κ3) is 2.05. The van der Waals surface area contributed by atoms with Crippen molar-refractivity contribution in [2.24, 2.45) is 0 Å². The average Bonchev–Trinajstić information content (AvgIpc) is 2.96. The second-order valence-electron chi connectivity index (χ2n) is 4.60. The number of benzene rings is 1. The van der Waals surface area contributed by atoms with E-state index in [-0.39, 0.29) is 5.95 Å². The van der Waals surface area contributed by atoms with Gasteiger partial charge >= 0.3 is 0 Å². The van der Waals surface area contributed by atoms with E-state index in [1.807, 2.05) is 35.8 Å². The zero-order valence-electron chi connectivity index (χ0n) is 10.9. The summed E-state index contributed by atoms with van der Waals surface area (Å²) in [5.41, 5.74) is 6.73. The first-order valence-corrected chi connectivity index (χ1v) is 7.30. The molecule has 4 aromatic rings. The maximum Gasteiger partial charge on any atom is 0.223 e. The van der Waals surface area contributed by atoms with E-state index in [1.54, 1.807) is 17.5 Å². The molecule has 0 atom stereocenters. The monoisotopic (exact) mass is 293 g/mol. The van der Waals surface area contributed by atoms with Gasteiger partial charge in [0.05, 0.1) is 5.39 Å². The van der Waals surface area contributed by atoms with Gasteiger partial charge in [0, 0.05) is 23.5 Å². The fraction of sp³-hybridized carbons (Fsp3) is 0. The van der Waals surface area contributed by atoms with Gasteiger partial charge in [-0.3, -0.25) is 4.98 Å². The number of rotatable bonds is 2. The number of hydrogen-bond acceptors (Lipinski definition) is 6. The number of hydrogen-bond donors (Lipinski definition) is 2. The lowest BCUT2D eigenvalue weighted by Gasteiger charge is -2.10. The molecule has 21 heavy (non-hydrogen) atoms. The maximum absolute atomic E-state index is 5.78. The molecular formula is C15H11N5S. The van der Waals surface area contributed by atoms with Crippen LogP contribution in [-0.2, 0) is 0 Å². The van der Waals surface area contributed by atoms with Gasteiger partial charge in [-0.2, -0.15) is 4.98 Å². The smallest absolute Gasteiger partial charge is 0.223 e. The molecule has 0 saturated carbocycles. The summed E-state index contributed by atoms with van der Waals surface area (Å²) in [4.78, 5) is 13.6. The molecule has 1 aromatic carbocycles. The highest BCUT2D eigenvalue weighted by atomic mass is 32.1. The van der Waals surface area contributed by atoms with Crippen molar-refractivity contribution in [1.29, 1.82) is 0 Å². The van der Waals surface area contributed by atoms with Crippen LogP contribution in [0.3, 0.4) is 0 Å². The van der Waals surface area contributed by atoms with Gasteiger partial charge in [0.25, 0.3) is 0 Å². The van der Waals surface area contributed by atoms with Crippen molar-refractivity contribution in [1.82, 2.24) is 15.0 Å². The Morgan fingerprint density at radius 2 is 2.00 bits per heavy atom. The van der Waals surface area contributed by atoms with Crippen molar-refractivity contribution in [2.75, 3.05) is 11.1 Å². The van der Waals surface area contributed by atoms with Crippen molar-refractivity contribution in [3.63, 3.8) is 0 Å². The fourth-order valence-electron chi connectivity index (χ4n) is 2.32. The minimum atomic E-state index is 0.269. The SMILES string of the molecule is Nc1nc(Nc2cccc3ccncc23)c2ccsc2n1. The number of nitrogens with two attached hydrogens (primary N) is 1. The van der Waals surface area contributed by atoms with Crippen LogP contribution in [0.4, 0.5) is 17.5 Å². The first-order valence-electron chi connectivity index (χ1n) is 6.42. The molecule has 0 bridgehead atoms. The Morgan fingerprint density at radius 1 is 1.05 bits per heavy atom. The normalized spacial score (nSPS) is 11.0. The minimum Gasteiger partial charge on any atom is -0.368 e. The van der Waals surface area contributed by atoms with Gasteiger partial charge in [0.2, 0.25) is 5.95 Å². The van der Waals surface area contributed by atoms with Gasteiger partial charge in [0.15, 0.2) is 0 Å². The molecule has 6 heteroatoms. The predicted molar refractivity (Wildman–Crippen MR) is 86.9 cm³/mol. The molecule has 3 aromatic heterocycles. The van der Waals surface area contributed by atoms with E-state index in [0.29, 0.717) is 0 Å². The second-order valence-corrected chi connectivity index (χ2v) is 5.49. The van der Waals surface area contributed by atoms with Crippen molar-refractivity contribution < 1.29 is 0 Å². The van der Waals surface area contributed by atoms with E-state index in [9.17, 15) is 0 Å². The molecule has 102 valence electrons. The van der Waals surface area contributed by atoms with Crippen molar-refractivity contribution in [3.8, 4) is 0 Å². The number of nitrogens with one attached hydrogen (secondary N) is 1. The van der Waals surface area contributed by atoms with E-state index in [2.05, 4.69) is 26.3 Å². The summed E-state index contributed by atoms with van der Waals surface area (Å²) in [6.45, 7) is 0. The first kappa shape index (κ1) is 12.0. The highest BCUT2D eigenvalue weighted by Crippen LogP contribution is 2.30. The van der Waals surface area contributed by atoms with Crippen molar-refractivity contribution >= 4 is 49.8 Å². The molecule has 0 aliphatic carbocycles. The highest BCUT2D eigenvalue weighted by Gasteiger charge is 2.09. The van der Waals surface area contributed by atoms with Crippen molar-refractivity contribution in [2.45, 2.75) is 0 Å². The summed E-state index contributed by atoms with van der Waals surface area (Å²) in [6.07, 6.45) is 3.62. The maximum atomic E-state index is 5.78. The van der Waals surface area contributed by atoms with Crippen LogP contribution >= 0.6 is 11.3 Å². The number of fused-ring (bicyclic) bond motifs is 2. The molecule has 5 nitrogen and oxygen atoms in total. The van der Waals surface area contributed by atoms with Gasteiger partial charge < -0.3 is 11.1 Å². The Labute approximate surface area is 124 Å². The minimum absolute atomic E-state index is 0.269. The summed E-state index contributed by atoms with van der Waals surface area (Å²) >= 11 is 1.55. The predicted octanol–water partition coefficient (Wildman–Crippen LogP) is 3.57. The Hall–Kier alpha value is -2.73. The van der Waals surface area contributed by atoms with E-state index in [1.165, 1.54) is 0 Å². The Kier molecular flexibility index (Phi) is 2.68.